The number of carbonyl (C=O) groups is 1. The van der Waals surface area contributed by atoms with Gasteiger partial charge in [0.05, 0.1) is 10.6 Å². The number of nitrogens with zero attached hydrogens (tertiary/aromatic N) is 3. The maximum absolute atomic E-state index is 11.8. The average molecular weight is 269 g/mol. The summed E-state index contributed by atoms with van der Waals surface area (Å²) in [6.07, 6.45) is 4.32. The summed E-state index contributed by atoms with van der Waals surface area (Å²) in [5.74, 6) is -0.0740. The SMILES string of the molecule is O=C(Nc1ccnc(Cl)n1)c1ccncc1Cl. The van der Waals surface area contributed by atoms with Gasteiger partial charge < -0.3 is 5.32 Å². The number of aromatic nitrogens is 3. The molecule has 0 unspecified atom stereocenters. The number of pyridine rings is 1. The highest BCUT2D eigenvalue weighted by atomic mass is 35.5. The summed E-state index contributed by atoms with van der Waals surface area (Å²) in [5.41, 5.74) is 0.316. The highest BCUT2D eigenvalue weighted by Crippen LogP contribution is 2.15. The number of rotatable bonds is 2. The van der Waals surface area contributed by atoms with Gasteiger partial charge in [0.2, 0.25) is 5.28 Å². The van der Waals surface area contributed by atoms with Crippen molar-refractivity contribution in [3.63, 3.8) is 0 Å². The van der Waals surface area contributed by atoms with Gasteiger partial charge in [-0.3, -0.25) is 9.78 Å². The van der Waals surface area contributed by atoms with Gasteiger partial charge in [0, 0.05) is 18.6 Å². The van der Waals surface area contributed by atoms with Crippen molar-refractivity contribution in [3.05, 3.63) is 46.6 Å². The largest absolute Gasteiger partial charge is 0.306 e. The number of anilines is 1. The van der Waals surface area contributed by atoms with Crippen molar-refractivity contribution in [2.45, 2.75) is 0 Å². The van der Waals surface area contributed by atoms with Crippen LogP contribution in [0.1, 0.15) is 10.4 Å². The molecular weight excluding hydrogens is 263 g/mol. The monoisotopic (exact) mass is 268 g/mol. The van der Waals surface area contributed by atoms with Crippen LogP contribution in [0.4, 0.5) is 5.82 Å². The van der Waals surface area contributed by atoms with Crippen LogP contribution >= 0.6 is 23.2 Å². The van der Waals surface area contributed by atoms with E-state index >= 15 is 0 Å². The molecule has 5 nitrogen and oxygen atoms in total. The minimum atomic E-state index is -0.382. The zero-order valence-corrected chi connectivity index (χ0v) is 9.90. The second kappa shape index (κ2) is 5.07. The maximum atomic E-state index is 11.8. The second-order valence-corrected chi connectivity index (χ2v) is 3.77. The standard InChI is InChI=1S/C10H6Cl2N4O/c11-7-5-13-3-1-6(7)9(17)15-8-2-4-14-10(12)16-8/h1-5H,(H,14,15,16,17). The van der Waals surface area contributed by atoms with Gasteiger partial charge in [-0.15, -0.1) is 0 Å². The number of amides is 1. The molecule has 0 aliphatic heterocycles. The number of hydrogen-bond acceptors (Lipinski definition) is 4. The second-order valence-electron chi connectivity index (χ2n) is 3.02. The first kappa shape index (κ1) is 11.8. The van der Waals surface area contributed by atoms with Gasteiger partial charge in [-0.1, -0.05) is 11.6 Å². The smallest absolute Gasteiger partial charge is 0.258 e. The Kier molecular flexibility index (Phi) is 3.51. The summed E-state index contributed by atoms with van der Waals surface area (Å²) in [5, 5.41) is 2.88. The summed E-state index contributed by atoms with van der Waals surface area (Å²) >= 11 is 11.4. The Hall–Kier alpha value is -1.72. The highest BCUT2D eigenvalue weighted by molar-refractivity contribution is 6.34. The van der Waals surface area contributed by atoms with E-state index in [-0.39, 0.29) is 16.2 Å². The molecular formula is C10H6Cl2N4O. The quantitative estimate of drug-likeness (QED) is 0.850. The van der Waals surface area contributed by atoms with Crippen molar-refractivity contribution in [2.24, 2.45) is 0 Å². The van der Waals surface area contributed by atoms with Gasteiger partial charge in [-0.25, -0.2) is 9.97 Å². The topological polar surface area (TPSA) is 67.8 Å². The van der Waals surface area contributed by atoms with Crippen molar-refractivity contribution in [1.29, 1.82) is 0 Å². The molecule has 0 aliphatic rings. The molecule has 86 valence electrons. The normalized spacial score (nSPS) is 10.0. The molecule has 1 N–H and O–H groups in total. The van der Waals surface area contributed by atoms with Crippen molar-refractivity contribution in [2.75, 3.05) is 5.32 Å². The molecule has 2 rings (SSSR count). The summed E-state index contributed by atoms with van der Waals surface area (Å²) < 4.78 is 0. The third kappa shape index (κ3) is 2.89. The summed E-state index contributed by atoms with van der Waals surface area (Å²) in [6.45, 7) is 0. The van der Waals surface area contributed by atoms with Crippen molar-refractivity contribution >= 4 is 34.9 Å². The Labute approximate surface area is 107 Å². The predicted octanol–water partition coefficient (Wildman–Crippen LogP) is 2.43. The zero-order valence-electron chi connectivity index (χ0n) is 8.39. The van der Waals surface area contributed by atoms with E-state index in [1.54, 1.807) is 0 Å². The fourth-order valence-electron chi connectivity index (χ4n) is 1.15. The van der Waals surface area contributed by atoms with Gasteiger partial charge >= 0.3 is 0 Å². The third-order valence-corrected chi connectivity index (χ3v) is 2.37. The lowest BCUT2D eigenvalue weighted by Crippen LogP contribution is -2.13. The van der Waals surface area contributed by atoms with Crippen LogP contribution in [0.5, 0.6) is 0 Å². The van der Waals surface area contributed by atoms with Crippen LogP contribution in [-0.4, -0.2) is 20.9 Å². The number of carbonyl (C=O) groups excluding carboxylic acids is 1. The van der Waals surface area contributed by atoms with Crippen molar-refractivity contribution in [3.8, 4) is 0 Å². The number of hydrogen-bond donors (Lipinski definition) is 1. The van der Waals surface area contributed by atoms with E-state index in [0.29, 0.717) is 11.4 Å². The average Bonchev–Trinajstić information content (AvgIpc) is 2.29. The van der Waals surface area contributed by atoms with Crippen LogP contribution in [0.3, 0.4) is 0 Å². The molecule has 0 bridgehead atoms. The summed E-state index contributed by atoms with van der Waals surface area (Å²) in [6, 6.07) is 3.04. The van der Waals surface area contributed by atoms with E-state index in [1.807, 2.05) is 0 Å². The fourth-order valence-corrected chi connectivity index (χ4v) is 1.50. The van der Waals surface area contributed by atoms with E-state index in [1.165, 1.54) is 30.7 Å². The minimum absolute atomic E-state index is 0.0589. The van der Waals surface area contributed by atoms with Crippen LogP contribution in [-0.2, 0) is 0 Å². The van der Waals surface area contributed by atoms with Crippen molar-refractivity contribution in [1.82, 2.24) is 15.0 Å². The molecule has 0 saturated heterocycles. The zero-order chi connectivity index (χ0) is 12.3. The van der Waals surface area contributed by atoms with E-state index in [2.05, 4.69) is 20.3 Å². The Bertz CT molecular complexity index is 562. The molecule has 0 atom stereocenters. The van der Waals surface area contributed by atoms with Gasteiger partial charge in [0.25, 0.3) is 5.91 Å². The molecule has 0 spiro atoms. The third-order valence-electron chi connectivity index (χ3n) is 1.88. The Morgan fingerprint density at radius 2 is 2.06 bits per heavy atom. The Morgan fingerprint density at radius 1 is 1.24 bits per heavy atom. The van der Waals surface area contributed by atoms with E-state index in [4.69, 9.17) is 23.2 Å². The first-order chi connectivity index (χ1) is 8.16. The van der Waals surface area contributed by atoms with Crippen LogP contribution in [0.15, 0.2) is 30.7 Å². The number of nitrogens with one attached hydrogen (secondary N) is 1. The van der Waals surface area contributed by atoms with E-state index in [9.17, 15) is 4.79 Å². The maximum Gasteiger partial charge on any atom is 0.258 e. The van der Waals surface area contributed by atoms with Gasteiger partial charge in [0.1, 0.15) is 5.82 Å². The lowest BCUT2D eigenvalue weighted by molar-refractivity contribution is 0.102. The molecule has 2 aromatic rings. The van der Waals surface area contributed by atoms with Gasteiger partial charge in [-0.05, 0) is 23.7 Å². The molecule has 7 heteroatoms. The molecule has 0 aliphatic carbocycles. The molecule has 0 aromatic carbocycles. The predicted molar refractivity (Wildman–Crippen MR) is 64.2 cm³/mol. The van der Waals surface area contributed by atoms with Crippen LogP contribution in [0.25, 0.3) is 0 Å². The molecule has 17 heavy (non-hydrogen) atoms. The lowest BCUT2D eigenvalue weighted by Gasteiger charge is -2.05. The van der Waals surface area contributed by atoms with E-state index in [0.717, 1.165) is 0 Å². The van der Waals surface area contributed by atoms with Crippen LogP contribution in [0, 0.1) is 0 Å². The first-order valence-electron chi connectivity index (χ1n) is 4.56. The first-order valence-corrected chi connectivity index (χ1v) is 5.32. The van der Waals surface area contributed by atoms with Gasteiger partial charge in [0.15, 0.2) is 0 Å². The molecule has 0 saturated carbocycles. The molecule has 0 radical (unpaired) electrons. The molecule has 1 amide bonds. The van der Waals surface area contributed by atoms with Crippen LogP contribution < -0.4 is 5.32 Å². The van der Waals surface area contributed by atoms with Gasteiger partial charge in [-0.2, -0.15) is 0 Å². The Balaban J connectivity index is 2.20. The lowest BCUT2D eigenvalue weighted by atomic mass is 10.2. The number of halogens is 2. The Morgan fingerprint density at radius 3 is 2.76 bits per heavy atom. The van der Waals surface area contributed by atoms with Crippen molar-refractivity contribution < 1.29 is 4.79 Å². The molecule has 2 heterocycles. The summed E-state index contributed by atoms with van der Waals surface area (Å²) in [4.78, 5) is 23.1. The van der Waals surface area contributed by atoms with E-state index < -0.39 is 0 Å². The molecule has 0 fully saturated rings. The highest BCUT2D eigenvalue weighted by Gasteiger charge is 2.10. The fraction of sp³-hybridized carbons (Fsp3) is 0. The minimum Gasteiger partial charge on any atom is -0.306 e. The van der Waals surface area contributed by atoms with Crippen LogP contribution in [0.2, 0.25) is 10.3 Å². The molecule has 2 aromatic heterocycles. The summed E-state index contributed by atoms with van der Waals surface area (Å²) in [7, 11) is 0.